The predicted octanol–water partition coefficient (Wildman–Crippen LogP) is 4.25. The Morgan fingerprint density at radius 1 is 1.26 bits per heavy atom. The summed E-state index contributed by atoms with van der Waals surface area (Å²) < 4.78 is 24.2. The monoisotopic (exact) mass is 389 g/mol. The molecule has 2 aromatic carbocycles. The van der Waals surface area contributed by atoms with Crippen molar-refractivity contribution in [3.63, 3.8) is 0 Å². The van der Waals surface area contributed by atoms with E-state index < -0.39 is 0 Å². The number of likely N-dealkylation sites (N-methyl/N-ethyl adjacent to an activating group) is 1. The van der Waals surface area contributed by atoms with E-state index in [2.05, 4.69) is 0 Å². The van der Waals surface area contributed by atoms with E-state index in [-0.39, 0.29) is 17.8 Å². The fourth-order valence-electron chi connectivity index (χ4n) is 2.87. The lowest BCUT2D eigenvalue weighted by Gasteiger charge is -2.19. The van der Waals surface area contributed by atoms with Gasteiger partial charge in [-0.15, -0.1) is 11.8 Å². The van der Waals surface area contributed by atoms with Gasteiger partial charge < -0.3 is 14.4 Å². The molecule has 0 aliphatic carbocycles. The first kappa shape index (κ1) is 19.7. The normalized spacial score (nSPS) is 16.3. The number of halogens is 1. The summed E-state index contributed by atoms with van der Waals surface area (Å²) in [6.45, 7) is 1.63. The lowest BCUT2D eigenvalue weighted by molar-refractivity contribution is 0.0770. The second kappa shape index (κ2) is 9.76. The van der Waals surface area contributed by atoms with Crippen LogP contribution in [0.2, 0.25) is 0 Å². The van der Waals surface area contributed by atoms with Gasteiger partial charge in [-0.3, -0.25) is 4.79 Å². The van der Waals surface area contributed by atoms with Crippen LogP contribution in [0.15, 0.2) is 53.4 Å². The van der Waals surface area contributed by atoms with Crippen molar-refractivity contribution < 1.29 is 18.7 Å². The molecular formula is C21H24FNO3S. The van der Waals surface area contributed by atoms with Crippen LogP contribution in [0.5, 0.6) is 5.75 Å². The molecule has 1 aliphatic rings. The summed E-state index contributed by atoms with van der Waals surface area (Å²) in [6.07, 6.45) is 2.48. The number of thioether (sulfide) groups is 1. The Labute approximate surface area is 163 Å². The van der Waals surface area contributed by atoms with Gasteiger partial charge in [0.15, 0.2) is 0 Å². The molecule has 6 heteroatoms. The van der Waals surface area contributed by atoms with Gasteiger partial charge in [0.05, 0.1) is 18.2 Å². The van der Waals surface area contributed by atoms with Gasteiger partial charge in [0.1, 0.15) is 18.2 Å². The molecule has 0 aromatic heterocycles. The molecule has 0 radical (unpaired) electrons. The Bertz CT molecular complexity index is 747. The Hall–Kier alpha value is -2.05. The van der Waals surface area contributed by atoms with Crippen LogP contribution in [-0.2, 0) is 4.74 Å². The molecule has 1 heterocycles. The minimum absolute atomic E-state index is 0.0341. The van der Waals surface area contributed by atoms with E-state index in [1.54, 1.807) is 35.8 Å². The van der Waals surface area contributed by atoms with Gasteiger partial charge in [0.2, 0.25) is 0 Å². The Morgan fingerprint density at radius 2 is 2.04 bits per heavy atom. The Kier molecular flexibility index (Phi) is 7.12. The zero-order valence-electron chi connectivity index (χ0n) is 15.4. The highest BCUT2D eigenvalue weighted by molar-refractivity contribution is 7.99. The Morgan fingerprint density at radius 3 is 2.78 bits per heavy atom. The highest BCUT2D eigenvalue weighted by Crippen LogP contribution is 2.27. The number of rotatable bonds is 8. The summed E-state index contributed by atoms with van der Waals surface area (Å²) in [5, 5.41) is 0. The second-order valence-corrected chi connectivity index (χ2v) is 7.53. The van der Waals surface area contributed by atoms with E-state index in [1.807, 2.05) is 24.3 Å². The maximum absolute atomic E-state index is 12.9. The van der Waals surface area contributed by atoms with E-state index in [9.17, 15) is 9.18 Å². The fraction of sp³-hybridized carbons (Fsp3) is 0.381. The number of amides is 1. The van der Waals surface area contributed by atoms with Crippen molar-refractivity contribution in [2.24, 2.45) is 0 Å². The van der Waals surface area contributed by atoms with Crippen LogP contribution in [0, 0.1) is 5.82 Å². The van der Waals surface area contributed by atoms with Crippen LogP contribution in [0.4, 0.5) is 4.39 Å². The topological polar surface area (TPSA) is 38.8 Å². The molecule has 1 saturated heterocycles. The predicted molar refractivity (Wildman–Crippen MR) is 105 cm³/mol. The third-order valence-electron chi connectivity index (χ3n) is 4.42. The number of carbonyl (C=O) groups is 1. The average molecular weight is 389 g/mol. The SMILES string of the molecule is CN(CCOc1ccc(F)cc1)C(=O)c1ccccc1SCC1CCCO1. The van der Waals surface area contributed by atoms with Crippen LogP contribution < -0.4 is 4.74 Å². The molecule has 0 spiro atoms. The largest absolute Gasteiger partial charge is 0.492 e. The molecule has 1 atom stereocenters. The van der Waals surface area contributed by atoms with E-state index in [1.165, 1.54) is 12.1 Å². The maximum Gasteiger partial charge on any atom is 0.254 e. The molecule has 0 N–H and O–H groups in total. The third-order valence-corrected chi connectivity index (χ3v) is 5.63. The summed E-state index contributed by atoms with van der Waals surface area (Å²) in [4.78, 5) is 15.4. The number of hydrogen-bond donors (Lipinski definition) is 0. The minimum Gasteiger partial charge on any atom is -0.492 e. The summed E-state index contributed by atoms with van der Waals surface area (Å²) in [5.41, 5.74) is 0.699. The average Bonchev–Trinajstić information content (AvgIpc) is 3.21. The number of hydrogen-bond acceptors (Lipinski definition) is 4. The summed E-state index contributed by atoms with van der Waals surface area (Å²) in [6, 6.07) is 13.5. The smallest absolute Gasteiger partial charge is 0.254 e. The maximum atomic E-state index is 12.9. The van der Waals surface area contributed by atoms with Crippen LogP contribution in [-0.4, -0.2) is 49.5 Å². The van der Waals surface area contributed by atoms with Crippen molar-refractivity contribution in [3.05, 3.63) is 59.9 Å². The highest BCUT2D eigenvalue weighted by Gasteiger charge is 2.19. The molecule has 1 amide bonds. The van der Waals surface area contributed by atoms with Gasteiger partial charge >= 0.3 is 0 Å². The highest BCUT2D eigenvalue weighted by atomic mass is 32.2. The van der Waals surface area contributed by atoms with Gasteiger partial charge in [0.25, 0.3) is 5.91 Å². The van der Waals surface area contributed by atoms with Gasteiger partial charge in [0, 0.05) is 24.3 Å². The molecule has 3 rings (SSSR count). The lowest BCUT2D eigenvalue weighted by Crippen LogP contribution is -2.31. The molecule has 2 aromatic rings. The van der Waals surface area contributed by atoms with Crippen LogP contribution in [0.25, 0.3) is 0 Å². The van der Waals surface area contributed by atoms with Gasteiger partial charge in [-0.25, -0.2) is 4.39 Å². The first-order chi connectivity index (χ1) is 13.1. The van der Waals surface area contributed by atoms with E-state index in [4.69, 9.17) is 9.47 Å². The number of ether oxygens (including phenoxy) is 2. The van der Waals surface area contributed by atoms with E-state index in [0.717, 1.165) is 30.1 Å². The fourth-order valence-corrected chi connectivity index (χ4v) is 3.98. The molecule has 27 heavy (non-hydrogen) atoms. The number of benzene rings is 2. The van der Waals surface area contributed by atoms with Crippen molar-refractivity contribution in [1.29, 1.82) is 0 Å². The number of carbonyl (C=O) groups excluding carboxylic acids is 1. The van der Waals surface area contributed by atoms with Gasteiger partial charge in [-0.05, 0) is 49.2 Å². The summed E-state index contributed by atoms with van der Waals surface area (Å²) in [7, 11) is 1.76. The summed E-state index contributed by atoms with van der Waals surface area (Å²) >= 11 is 1.67. The van der Waals surface area contributed by atoms with E-state index in [0.29, 0.717) is 24.5 Å². The van der Waals surface area contributed by atoms with Gasteiger partial charge in [-0.1, -0.05) is 12.1 Å². The first-order valence-corrected chi connectivity index (χ1v) is 10.1. The van der Waals surface area contributed by atoms with Crippen molar-refractivity contribution >= 4 is 17.7 Å². The Balaban J connectivity index is 1.53. The van der Waals surface area contributed by atoms with Crippen molar-refractivity contribution in [3.8, 4) is 5.75 Å². The minimum atomic E-state index is -0.299. The molecule has 0 saturated carbocycles. The third kappa shape index (κ3) is 5.71. The molecule has 1 aliphatic heterocycles. The zero-order chi connectivity index (χ0) is 19.1. The van der Waals surface area contributed by atoms with Crippen molar-refractivity contribution in [2.45, 2.75) is 23.8 Å². The van der Waals surface area contributed by atoms with Crippen LogP contribution >= 0.6 is 11.8 Å². The van der Waals surface area contributed by atoms with Crippen LogP contribution in [0.3, 0.4) is 0 Å². The second-order valence-electron chi connectivity index (χ2n) is 6.47. The molecule has 0 bridgehead atoms. The van der Waals surface area contributed by atoms with E-state index >= 15 is 0 Å². The molecule has 1 unspecified atom stereocenters. The van der Waals surface area contributed by atoms with Crippen LogP contribution in [0.1, 0.15) is 23.2 Å². The quantitative estimate of drug-likeness (QED) is 0.633. The molecule has 4 nitrogen and oxygen atoms in total. The van der Waals surface area contributed by atoms with Crippen molar-refractivity contribution in [1.82, 2.24) is 4.90 Å². The summed E-state index contributed by atoms with van der Waals surface area (Å²) in [5.74, 6) is 1.12. The standard InChI is InChI=1S/C21H24FNO3S/c1-23(12-14-26-17-10-8-16(22)9-11-17)21(24)19-6-2-3-7-20(19)27-15-18-5-4-13-25-18/h2-3,6-11,18H,4-5,12-15H2,1H3. The first-order valence-electron chi connectivity index (χ1n) is 9.11. The van der Waals surface area contributed by atoms with Gasteiger partial charge in [-0.2, -0.15) is 0 Å². The van der Waals surface area contributed by atoms with Crippen molar-refractivity contribution in [2.75, 3.05) is 32.6 Å². The zero-order valence-corrected chi connectivity index (χ0v) is 16.2. The molecule has 144 valence electrons. The lowest BCUT2D eigenvalue weighted by atomic mass is 10.2. The molecular weight excluding hydrogens is 365 g/mol. The number of nitrogens with zero attached hydrogens (tertiary/aromatic N) is 1. The molecule has 1 fully saturated rings.